The van der Waals surface area contributed by atoms with Crippen molar-refractivity contribution in [2.24, 2.45) is 5.92 Å². The van der Waals surface area contributed by atoms with Crippen LogP contribution in [0.5, 0.6) is 0 Å². The molecular weight excluding hydrogens is 246 g/mol. The molecular formula is C15H24ClNO. The topological polar surface area (TPSA) is 21.3 Å². The standard InChI is InChI=1S/C15H24ClNO/c1-5-17-15(12(3)8-9-18-4)13-7-6-11(2)10-14(13)16/h6-7,10,12,15,17H,5,8-9H2,1-4H3. The summed E-state index contributed by atoms with van der Waals surface area (Å²) in [6.45, 7) is 8.14. The third-order valence-electron chi connectivity index (χ3n) is 3.26. The number of ether oxygens (including phenoxy) is 1. The van der Waals surface area contributed by atoms with Gasteiger partial charge >= 0.3 is 0 Å². The minimum atomic E-state index is 0.290. The summed E-state index contributed by atoms with van der Waals surface area (Å²) in [4.78, 5) is 0. The van der Waals surface area contributed by atoms with Crippen LogP contribution in [0.1, 0.15) is 37.4 Å². The number of aryl methyl sites for hydroxylation is 1. The first-order chi connectivity index (χ1) is 8.60. The summed E-state index contributed by atoms with van der Waals surface area (Å²) in [5, 5.41) is 4.38. The molecule has 3 heteroatoms. The Kier molecular flexibility index (Phi) is 6.69. The Morgan fingerprint density at radius 2 is 2.11 bits per heavy atom. The summed E-state index contributed by atoms with van der Waals surface area (Å²) in [6.07, 6.45) is 1.03. The summed E-state index contributed by atoms with van der Waals surface area (Å²) >= 11 is 6.37. The van der Waals surface area contributed by atoms with Crippen molar-refractivity contribution in [3.63, 3.8) is 0 Å². The third kappa shape index (κ3) is 4.27. The van der Waals surface area contributed by atoms with Crippen LogP contribution in [0.15, 0.2) is 18.2 Å². The highest BCUT2D eigenvalue weighted by Gasteiger charge is 2.20. The van der Waals surface area contributed by atoms with E-state index < -0.39 is 0 Å². The quantitative estimate of drug-likeness (QED) is 0.809. The fourth-order valence-electron chi connectivity index (χ4n) is 2.19. The minimum absolute atomic E-state index is 0.290. The summed E-state index contributed by atoms with van der Waals surface area (Å²) in [5.74, 6) is 0.491. The van der Waals surface area contributed by atoms with Crippen molar-refractivity contribution in [1.29, 1.82) is 0 Å². The summed E-state index contributed by atoms with van der Waals surface area (Å²) < 4.78 is 5.17. The molecule has 0 heterocycles. The van der Waals surface area contributed by atoms with Gasteiger partial charge in [-0.3, -0.25) is 0 Å². The molecule has 0 bridgehead atoms. The molecule has 0 spiro atoms. The molecule has 0 aliphatic rings. The van der Waals surface area contributed by atoms with Crippen molar-refractivity contribution in [2.75, 3.05) is 20.3 Å². The van der Waals surface area contributed by atoms with Crippen molar-refractivity contribution < 1.29 is 4.74 Å². The number of halogens is 1. The second-order valence-corrected chi connectivity index (χ2v) is 5.23. The van der Waals surface area contributed by atoms with E-state index in [2.05, 4.69) is 38.2 Å². The maximum absolute atomic E-state index is 6.37. The van der Waals surface area contributed by atoms with Crippen molar-refractivity contribution in [1.82, 2.24) is 5.32 Å². The molecule has 0 fully saturated rings. The van der Waals surface area contributed by atoms with Gasteiger partial charge < -0.3 is 10.1 Å². The number of methoxy groups -OCH3 is 1. The van der Waals surface area contributed by atoms with Crippen LogP contribution < -0.4 is 5.32 Å². The molecule has 0 saturated carbocycles. The predicted molar refractivity (Wildman–Crippen MR) is 78.3 cm³/mol. The van der Waals surface area contributed by atoms with Crippen molar-refractivity contribution >= 4 is 11.6 Å². The molecule has 1 aromatic rings. The van der Waals surface area contributed by atoms with E-state index in [1.807, 2.05) is 6.07 Å². The van der Waals surface area contributed by atoms with Gasteiger partial charge in [0.15, 0.2) is 0 Å². The molecule has 2 unspecified atom stereocenters. The lowest BCUT2D eigenvalue weighted by Crippen LogP contribution is -2.27. The van der Waals surface area contributed by atoms with Gasteiger partial charge in [0, 0.05) is 24.8 Å². The molecule has 2 nitrogen and oxygen atoms in total. The molecule has 1 rings (SSSR count). The van der Waals surface area contributed by atoms with E-state index in [1.54, 1.807) is 7.11 Å². The monoisotopic (exact) mass is 269 g/mol. The molecule has 1 aromatic carbocycles. The molecule has 102 valence electrons. The lowest BCUT2D eigenvalue weighted by Gasteiger charge is -2.26. The zero-order chi connectivity index (χ0) is 13.5. The Morgan fingerprint density at radius 1 is 1.39 bits per heavy atom. The molecule has 0 radical (unpaired) electrons. The third-order valence-corrected chi connectivity index (χ3v) is 3.59. The molecule has 0 aromatic heterocycles. The van der Waals surface area contributed by atoms with Crippen molar-refractivity contribution in [3.8, 4) is 0 Å². The lowest BCUT2D eigenvalue weighted by molar-refractivity contribution is 0.170. The fourth-order valence-corrected chi connectivity index (χ4v) is 2.55. The Hall–Kier alpha value is -0.570. The molecule has 0 aliphatic heterocycles. The number of rotatable bonds is 7. The van der Waals surface area contributed by atoms with Crippen molar-refractivity contribution in [3.05, 3.63) is 34.3 Å². The minimum Gasteiger partial charge on any atom is -0.385 e. The maximum atomic E-state index is 6.37. The number of nitrogens with one attached hydrogen (secondary N) is 1. The van der Waals surface area contributed by atoms with Crippen LogP contribution in [0, 0.1) is 12.8 Å². The van der Waals surface area contributed by atoms with E-state index in [9.17, 15) is 0 Å². The second-order valence-electron chi connectivity index (χ2n) is 4.82. The Morgan fingerprint density at radius 3 is 2.67 bits per heavy atom. The van der Waals surface area contributed by atoms with E-state index in [1.165, 1.54) is 11.1 Å². The van der Waals surface area contributed by atoms with E-state index in [-0.39, 0.29) is 0 Å². The highest BCUT2D eigenvalue weighted by atomic mass is 35.5. The molecule has 0 amide bonds. The average molecular weight is 270 g/mol. The Balaban J connectivity index is 2.88. The first-order valence-electron chi connectivity index (χ1n) is 6.58. The van der Waals surface area contributed by atoms with Gasteiger partial charge in [-0.1, -0.05) is 37.6 Å². The van der Waals surface area contributed by atoms with Gasteiger partial charge in [-0.15, -0.1) is 0 Å². The number of hydrogen-bond acceptors (Lipinski definition) is 2. The first kappa shape index (κ1) is 15.5. The SMILES string of the molecule is CCNC(c1ccc(C)cc1Cl)C(C)CCOC. The van der Waals surface area contributed by atoms with E-state index in [0.29, 0.717) is 12.0 Å². The molecule has 18 heavy (non-hydrogen) atoms. The summed E-state index contributed by atoms with van der Waals surface area (Å²) in [5.41, 5.74) is 2.39. The Bertz CT molecular complexity index is 368. The predicted octanol–water partition coefficient (Wildman–Crippen LogP) is 3.97. The number of hydrogen-bond donors (Lipinski definition) is 1. The average Bonchev–Trinajstić information content (AvgIpc) is 2.34. The van der Waals surface area contributed by atoms with Crippen molar-refractivity contribution in [2.45, 2.75) is 33.2 Å². The van der Waals surface area contributed by atoms with E-state index in [0.717, 1.165) is 24.6 Å². The van der Waals surface area contributed by atoms with Gasteiger partial charge in [0.1, 0.15) is 0 Å². The normalized spacial score (nSPS) is 14.5. The van der Waals surface area contributed by atoms with Crippen LogP contribution in [-0.2, 0) is 4.74 Å². The Labute approximate surface area is 116 Å². The zero-order valence-corrected chi connectivity index (χ0v) is 12.6. The second kappa shape index (κ2) is 7.78. The van der Waals surface area contributed by atoms with Gasteiger partial charge in [-0.2, -0.15) is 0 Å². The van der Waals surface area contributed by atoms with Gasteiger partial charge in [0.2, 0.25) is 0 Å². The highest BCUT2D eigenvalue weighted by Crippen LogP contribution is 2.30. The van der Waals surface area contributed by atoms with Crippen LogP contribution in [-0.4, -0.2) is 20.3 Å². The van der Waals surface area contributed by atoms with E-state index >= 15 is 0 Å². The van der Waals surface area contributed by atoms with Crippen LogP contribution in [0.2, 0.25) is 5.02 Å². The molecule has 2 atom stereocenters. The largest absolute Gasteiger partial charge is 0.385 e. The highest BCUT2D eigenvalue weighted by molar-refractivity contribution is 6.31. The number of benzene rings is 1. The lowest BCUT2D eigenvalue weighted by atomic mass is 9.91. The van der Waals surface area contributed by atoms with Gasteiger partial charge in [0.25, 0.3) is 0 Å². The molecule has 0 saturated heterocycles. The smallest absolute Gasteiger partial charge is 0.0465 e. The van der Waals surface area contributed by atoms with Crippen LogP contribution in [0.3, 0.4) is 0 Å². The van der Waals surface area contributed by atoms with Crippen LogP contribution >= 0.6 is 11.6 Å². The van der Waals surface area contributed by atoms with Gasteiger partial charge in [-0.25, -0.2) is 0 Å². The van der Waals surface area contributed by atoms with E-state index in [4.69, 9.17) is 16.3 Å². The van der Waals surface area contributed by atoms with Gasteiger partial charge in [-0.05, 0) is 43.0 Å². The fraction of sp³-hybridized carbons (Fsp3) is 0.600. The summed E-state index contributed by atoms with van der Waals surface area (Å²) in [6, 6.07) is 6.57. The first-order valence-corrected chi connectivity index (χ1v) is 6.96. The summed E-state index contributed by atoms with van der Waals surface area (Å²) in [7, 11) is 1.74. The van der Waals surface area contributed by atoms with Crippen LogP contribution in [0.25, 0.3) is 0 Å². The molecule has 1 N–H and O–H groups in total. The molecule has 0 aliphatic carbocycles. The maximum Gasteiger partial charge on any atom is 0.0465 e. The van der Waals surface area contributed by atoms with Crippen LogP contribution in [0.4, 0.5) is 0 Å². The van der Waals surface area contributed by atoms with Gasteiger partial charge in [0.05, 0.1) is 0 Å². The zero-order valence-electron chi connectivity index (χ0n) is 11.8.